The monoisotopic (exact) mass is 427 g/mol. The minimum absolute atomic E-state index is 0.136. The van der Waals surface area contributed by atoms with E-state index in [0.717, 1.165) is 32.5 Å². The molecular formula is C16H15Br2NOS. The lowest BCUT2D eigenvalue weighted by Crippen LogP contribution is -2.30. The fraction of sp³-hybridized carbons (Fsp3) is 0.312. The Bertz CT molecular complexity index is 663. The van der Waals surface area contributed by atoms with E-state index in [0.29, 0.717) is 0 Å². The molecule has 1 aromatic carbocycles. The molecule has 1 unspecified atom stereocenters. The quantitative estimate of drug-likeness (QED) is 0.613. The van der Waals surface area contributed by atoms with E-state index in [9.17, 15) is 4.79 Å². The second-order valence-electron chi connectivity index (χ2n) is 5.25. The van der Waals surface area contributed by atoms with E-state index in [4.69, 9.17) is 0 Å². The van der Waals surface area contributed by atoms with Crippen molar-refractivity contribution in [3.63, 3.8) is 0 Å². The highest BCUT2D eigenvalue weighted by Gasteiger charge is 2.32. The number of aryl methyl sites for hydroxylation is 1. The lowest BCUT2D eigenvalue weighted by Gasteiger charge is -2.25. The summed E-state index contributed by atoms with van der Waals surface area (Å²) in [6, 6.07) is 10.5. The van der Waals surface area contributed by atoms with Gasteiger partial charge in [-0.3, -0.25) is 4.79 Å². The maximum atomic E-state index is 12.8. The summed E-state index contributed by atoms with van der Waals surface area (Å²) < 4.78 is 1.92. The highest BCUT2D eigenvalue weighted by Crippen LogP contribution is 2.38. The van der Waals surface area contributed by atoms with Crippen molar-refractivity contribution in [3.05, 3.63) is 54.6 Å². The molecule has 110 valence electrons. The zero-order chi connectivity index (χ0) is 15.0. The maximum absolute atomic E-state index is 12.8. The average molecular weight is 429 g/mol. The van der Waals surface area contributed by atoms with E-state index in [1.807, 2.05) is 17.0 Å². The Balaban J connectivity index is 1.90. The van der Waals surface area contributed by atoms with Gasteiger partial charge in [0.2, 0.25) is 0 Å². The van der Waals surface area contributed by atoms with Crippen LogP contribution in [0.1, 0.15) is 39.7 Å². The van der Waals surface area contributed by atoms with Crippen LogP contribution < -0.4 is 0 Å². The molecule has 2 nitrogen and oxygen atoms in total. The summed E-state index contributed by atoms with van der Waals surface area (Å²) in [7, 11) is 0. The van der Waals surface area contributed by atoms with Gasteiger partial charge in [-0.15, -0.1) is 11.3 Å². The number of benzene rings is 1. The van der Waals surface area contributed by atoms with E-state index in [-0.39, 0.29) is 11.9 Å². The van der Waals surface area contributed by atoms with E-state index in [1.165, 1.54) is 22.5 Å². The molecule has 0 spiro atoms. The topological polar surface area (TPSA) is 20.3 Å². The summed E-state index contributed by atoms with van der Waals surface area (Å²) in [5.41, 5.74) is 2.54. The highest BCUT2D eigenvalue weighted by molar-refractivity contribution is 9.13. The predicted molar refractivity (Wildman–Crippen MR) is 93.9 cm³/mol. The van der Waals surface area contributed by atoms with E-state index in [2.05, 4.69) is 57.0 Å². The van der Waals surface area contributed by atoms with Gasteiger partial charge >= 0.3 is 0 Å². The van der Waals surface area contributed by atoms with Crippen LogP contribution in [0.4, 0.5) is 0 Å². The fourth-order valence-corrected chi connectivity index (χ4v) is 4.88. The molecule has 1 aromatic heterocycles. The molecule has 1 aliphatic heterocycles. The Kier molecular flexibility index (Phi) is 4.52. The van der Waals surface area contributed by atoms with E-state index >= 15 is 0 Å². The van der Waals surface area contributed by atoms with Crippen molar-refractivity contribution < 1.29 is 4.79 Å². The van der Waals surface area contributed by atoms with Gasteiger partial charge in [0.25, 0.3) is 5.91 Å². The van der Waals surface area contributed by atoms with Crippen molar-refractivity contribution in [1.82, 2.24) is 4.90 Å². The number of amides is 1. The molecule has 1 amide bonds. The minimum Gasteiger partial charge on any atom is -0.331 e. The SMILES string of the molecule is Cc1ccccc1C1CCCN1C(=O)c1cc(Br)c(Br)s1. The first-order valence-corrected chi connectivity index (χ1v) is 9.29. The van der Waals surface area contributed by atoms with Crippen molar-refractivity contribution in [2.75, 3.05) is 6.54 Å². The zero-order valence-corrected chi connectivity index (χ0v) is 15.6. The van der Waals surface area contributed by atoms with Gasteiger partial charge in [-0.2, -0.15) is 0 Å². The third-order valence-electron chi connectivity index (χ3n) is 3.92. The van der Waals surface area contributed by atoms with Gasteiger partial charge in [0.05, 0.1) is 14.7 Å². The van der Waals surface area contributed by atoms with Gasteiger partial charge in [0, 0.05) is 11.0 Å². The van der Waals surface area contributed by atoms with Crippen LogP contribution in [0.25, 0.3) is 0 Å². The Hall–Kier alpha value is -0.650. The number of carbonyl (C=O) groups is 1. The molecule has 21 heavy (non-hydrogen) atoms. The first-order chi connectivity index (χ1) is 10.1. The number of rotatable bonds is 2. The molecule has 0 N–H and O–H groups in total. The molecular weight excluding hydrogens is 414 g/mol. The van der Waals surface area contributed by atoms with Crippen LogP contribution >= 0.6 is 43.2 Å². The number of hydrogen-bond acceptors (Lipinski definition) is 2. The maximum Gasteiger partial charge on any atom is 0.264 e. The fourth-order valence-electron chi connectivity index (χ4n) is 2.89. The summed E-state index contributed by atoms with van der Waals surface area (Å²) in [4.78, 5) is 15.6. The number of halogens is 2. The van der Waals surface area contributed by atoms with Crippen molar-refractivity contribution in [2.45, 2.75) is 25.8 Å². The Labute approximate surface area is 145 Å². The number of nitrogens with zero attached hydrogens (tertiary/aromatic N) is 1. The van der Waals surface area contributed by atoms with E-state index < -0.39 is 0 Å². The second kappa shape index (κ2) is 6.23. The third-order valence-corrected chi connectivity index (χ3v) is 7.16. The van der Waals surface area contributed by atoms with Crippen LogP contribution in [0.15, 0.2) is 38.6 Å². The second-order valence-corrected chi connectivity index (χ2v) is 8.47. The molecule has 0 bridgehead atoms. The van der Waals surface area contributed by atoms with Crippen LogP contribution in [0.5, 0.6) is 0 Å². The first-order valence-electron chi connectivity index (χ1n) is 6.89. The van der Waals surface area contributed by atoms with Crippen molar-refractivity contribution in [1.29, 1.82) is 0 Å². The molecule has 0 radical (unpaired) electrons. The summed E-state index contributed by atoms with van der Waals surface area (Å²) in [5, 5.41) is 0. The highest BCUT2D eigenvalue weighted by atomic mass is 79.9. The Morgan fingerprint density at radius 2 is 2.10 bits per heavy atom. The number of hydrogen-bond donors (Lipinski definition) is 0. The molecule has 1 saturated heterocycles. The van der Waals surface area contributed by atoms with Crippen LogP contribution in [-0.4, -0.2) is 17.4 Å². The Morgan fingerprint density at radius 3 is 2.76 bits per heavy atom. The molecule has 1 aliphatic rings. The lowest BCUT2D eigenvalue weighted by molar-refractivity contribution is 0.0740. The number of likely N-dealkylation sites (tertiary alicyclic amines) is 1. The molecule has 3 rings (SSSR count). The molecule has 0 saturated carbocycles. The molecule has 2 aromatic rings. The Morgan fingerprint density at radius 1 is 1.33 bits per heavy atom. The van der Waals surface area contributed by atoms with Gasteiger partial charge in [0.1, 0.15) is 0 Å². The molecule has 1 fully saturated rings. The standard InChI is InChI=1S/C16H15Br2NOS/c1-10-5-2-3-6-11(10)13-7-4-8-19(13)16(20)14-9-12(17)15(18)21-14/h2-3,5-6,9,13H,4,7-8H2,1H3. The van der Waals surface area contributed by atoms with Crippen molar-refractivity contribution in [2.24, 2.45) is 0 Å². The molecule has 5 heteroatoms. The van der Waals surface area contributed by atoms with Gasteiger partial charge in [0.15, 0.2) is 0 Å². The van der Waals surface area contributed by atoms with Gasteiger partial charge in [-0.25, -0.2) is 0 Å². The van der Waals surface area contributed by atoms with E-state index in [1.54, 1.807) is 0 Å². The first kappa shape index (κ1) is 15.3. The summed E-state index contributed by atoms with van der Waals surface area (Å²) in [6.45, 7) is 2.96. The average Bonchev–Trinajstić information content (AvgIpc) is 3.06. The predicted octanol–water partition coefficient (Wildman–Crippen LogP) is 5.56. The number of carbonyl (C=O) groups excluding carboxylic acids is 1. The third kappa shape index (κ3) is 2.96. The van der Waals surface area contributed by atoms with Gasteiger partial charge in [-0.05, 0) is 68.8 Å². The summed E-state index contributed by atoms with van der Waals surface area (Å²) >= 11 is 8.41. The van der Waals surface area contributed by atoms with Crippen molar-refractivity contribution >= 4 is 49.1 Å². The zero-order valence-electron chi connectivity index (χ0n) is 11.6. The number of thiophene rings is 1. The normalized spacial score (nSPS) is 18.2. The smallest absolute Gasteiger partial charge is 0.264 e. The summed E-state index contributed by atoms with van der Waals surface area (Å²) in [6.07, 6.45) is 2.11. The van der Waals surface area contributed by atoms with Crippen LogP contribution in [-0.2, 0) is 0 Å². The van der Waals surface area contributed by atoms with Crippen LogP contribution in [0, 0.1) is 6.92 Å². The summed E-state index contributed by atoms with van der Waals surface area (Å²) in [5.74, 6) is 0.136. The molecule has 2 heterocycles. The van der Waals surface area contributed by atoms with Crippen molar-refractivity contribution in [3.8, 4) is 0 Å². The largest absolute Gasteiger partial charge is 0.331 e. The van der Waals surface area contributed by atoms with Gasteiger partial charge < -0.3 is 4.90 Å². The van der Waals surface area contributed by atoms with Crippen LogP contribution in [0.2, 0.25) is 0 Å². The lowest BCUT2D eigenvalue weighted by atomic mass is 9.99. The minimum atomic E-state index is 0.136. The molecule has 1 atom stereocenters. The van der Waals surface area contributed by atoms with Gasteiger partial charge in [-0.1, -0.05) is 24.3 Å². The molecule has 0 aliphatic carbocycles. The van der Waals surface area contributed by atoms with Crippen LogP contribution in [0.3, 0.4) is 0 Å².